The van der Waals surface area contributed by atoms with Gasteiger partial charge in [-0.3, -0.25) is 9.69 Å². The van der Waals surface area contributed by atoms with E-state index < -0.39 is 0 Å². The van der Waals surface area contributed by atoms with Crippen LogP contribution in [0.4, 0.5) is 4.39 Å². The van der Waals surface area contributed by atoms with Crippen LogP contribution in [-0.2, 0) is 11.3 Å². The van der Waals surface area contributed by atoms with Gasteiger partial charge in [-0.2, -0.15) is 0 Å². The van der Waals surface area contributed by atoms with E-state index in [2.05, 4.69) is 5.32 Å². The van der Waals surface area contributed by atoms with Crippen LogP contribution in [0.3, 0.4) is 0 Å². The summed E-state index contributed by atoms with van der Waals surface area (Å²) in [6.45, 7) is 2.15. The Morgan fingerprint density at radius 1 is 1.41 bits per heavy atom. The number of rotatable bonds is 5. The molecule has 0 spiro atoms. The molecule has 1 amide bonds. The molecule has 1 aromatic rings. The Labute approximate surface area is 136 Å². The second kappa shape index (κ2) is 7.93. The second-order valence-corrected chi connectivity index (χ2v) is 6.54. The topological polar surface area (TPSA) is 32.3 Å². The van der Waals surface area contributed by atoms with Crippen LogP contribution in [0.5, 0.6) is 0 Å². The molecule has 2 rings (SSSR count). The number of amides is 1. The number of likely N-dealkylation sites (N-methyl/N-ethyl adjacent to an activating group) is 1. The number of benzene rings is 1. The number of carbonyl (C=O) groups excluding carboxylic acids is 1. The summed E-state index contributed by atoms with van der Waals surface area (Å²) < 4.78 is 13.8. The van der Waals surface area contributed by atoms with Crippen molar-refractivity contribution >= 4 is 17.5 Å². The molecule has 1 aliphatic carbocycles. The molecular weight excluding hydrogens is 303 g/mol. The van der Waals surface area contributed by atoms with E-state index in [4.69, 9.17) is 11.6 Å². The molecule has 1 atom stereocenters. The zero-order valence-corrected chi connectivity index (χ0v) is 14.0. The van der Waals surface area contributed by atoms with Crippen LogP contribution in [-0.4, -0.2) is 29.9 Å². The third kappa shape index (κ3) is 4.43. The summed E-state index contributed by atoms with van der Waals surface area (Å²) in [5.41, 5.74) is 0.434. The fourth-order valence-corrected chi connectivity index (χ4v) is 3.06. The maximum Gasteiger partial charge on any atom is 0.237 e. The first-order valence-electron chi connectivity index (χ1n) is 7.92. The molecule has 1 saturated carbocycles. The molecule has 0 saturated heterocycles. The van der Waals surface area contributed by atoms with Gasteiger partial charge in [0.1, 0.15) is 5.82 Å². The molecule has 0 radical (unpaired) electrons. The van der Waals surface area contributed by atoms with Crippen molar-refractivity contribution < 1.29 is 9.18 Å². The van der Waals surface area contributed by atoms with Gasteiger partial charge in [-0.25, -0.2) is 4.39 Å². The lowest BCUT2D eigenvalue weighted by atomic mass is 9.95. The molecule has 0 aliphatic heterocycles. The highest BCUT2D eigenvalue weighted by atomic mass is 35.5. The van der Waals surface area contributed by atoms with Crippen LogP contribution in [0.2, 0.25) is 5.02 Å². The van der Waals surface area contributed by atoms with Gasteiger partial charge in [-0.15, -0.1) is 0 Å². The van der Waals surface area contributed by atoms with Crippen molar-refractivity contribution in [2.75, 3.05) is 7.05 Å². The van der Waals surface area contributed by atoms with Gasteiger partial charge < -0.3 is 5.32 Å². The molecular formula is C17H24ClFN2O. The zero-order valence-electron chi connectivity index (χ0n) is 13.2. The lowest BCUT2D eigenvalue weighted by Crippen LogP contribution is -2.47. The molecule has 1 aliphatic rings. The first-order chi connectivity index (χ1) is 10.5. The fraction of sp³-hybridized carbons (Fsp3) is 0.588. The average Bonchev–Trinajstić information content (AvgIpc) is 2.51. The van der Waals surface area contributed by atoms with Gasteiger partial charge in [0, 0.05) is 23.2 Å². The van der Waals surface area contributed by atoms with Crippen molar-refractivity contribution in [3.8, 4) is 0 Å². The standard InChI is InChI=1S/C17H24ClFN2O/c1-12(17(22)20-13-7-4-3-5-8-13)21(2)11-14-15(18)9-6-10-16(14)19/h6,9-10,12-13H,3-5,7-8,11H2,1-2H3,(H,20,22). The molecule has 1 aromatic carbocycles. The maximum absolute atomic E-state index is 13.8. The summed E-state index contributed by atoms with van der Waals surface area (Å²) in [5.74, 6) is -0.332. The highest BCUT2D eigenvalue weighted by molar-refractivity contribution is 6.31. The molecule has 0 aromatic heterocycles. The quantitative estimate of drug-likeness (QED) is 0.893. The predicted molar refractivity (Wildman–Crippen MR) is 87.4 cm³/mol. The fourth-order valence-electron chi connectivity index (χ4n) is 2.84. The SMILES string of the molecule is CC(C(=O)NC1CCCCC1)N(C)Cc1c(F)cccc1Cl. The van der Waals surface area contributed by atoms with Crippen LogP contribution in [0, 0.1) is 5.82 Å². The number of nitrogens with one attached hydrogen (secondary N) is 1. The van der Waals surface area contributed by atoms with Gasteiger partial charge in [-0.1, -0.05) is 36.9 Å². The molecule has 3 nitrogen and oxygen atoms in total. The minimum atomic E-state index is -0.334. The van der Waals surface area contributed by atoms with Crippen molar-refractivity contribution in [2.24, 2.45) is 0 Å². The smallest absolute Gasteiger partial charge is 0.237 e. The molecule has 1 fully saturated rings. The van der Waals surface area contributed by atoms with E-state index in [-0.39, 0.29) is 23.8 Å². The summed E-state index contributed by atoms with van der Waals surface area (Å²) in [6.07, 6.45) is 5.73. The van der Waals surface area contributed by atoms with Crippen LogP contribution >= 0.6 is 11.6 Å². The van der Waals surface area contributed by atoms with Crippen LogP contribution in [0.1, 0.15) is 44.6 Å². The van der Waals surface area contributed by atoms with Crippen LogP contribution in [0.25, 0.3) is 0 Å². The Morgan fingerprint density at radius 3 is 2.73 bits per heavy atom. The zero-order chi connectivity index (χ0) is 16.1. The minimum absolute atomic E-state index is 0.00172. The molecule has 0 heterocycles. The van der Waals surface area contributed by atoms with Crippen molar-refractivity contribution in [3.63, 3.8) is 0 Å². The normalized spacial score (nSPS) is 17.5. The second-order valence-electron chi connectivity index (χ2n) is 6.13. The van der Waals surface area contributed by atoms with E-state index in [1.54, 1.807) is 12.1 Å². The van der Waals surface area contributed by atoms with Crippen molar-refractivity contribution in [2.45, 2.75) is 57.7 Å². The van der Waals surface area contributed by atoms with E-state index in [0.717, 1.165) is 12.8 Å². The van der Waals surface area contributed by atoms with Gasteiger partial charge in [0.15, 0.2) is 0 Å². The highest BCUT2D eigenvalue weighted by Crippen LogP contribution is 2.21. The highest BCUT2D eigenvalue weighted by Gasteiger charge is 2.23. The Hall–Kier alpha value is -1.13. The molecule has 5 heteroatoms. The number of carbonyl (C=O) groups is 1. The molecule has 1 unspecified atom stereocenters. The molecule has 1 N–H and O–H groups in total. The molecule has 122 valence electrons. The van der Waals surface area contributed by atoms with Gasteiger partial charge in [0.25, 0.3) is 0 Å². The van der Waals surface area contributed by atoms with Crippen LogP contribution in [0.15, 0.2) is 18.2 Å². The van der Waals surface area contributed by atoms with E-state index >= 15 is 0 Å². The van der Waals surface area contributed by atoms with E-state index in [0.29, 0.717) is 17.1 Å². The number of nitrogens with zero attached hydrogens (tertiary/aromatic N) is 1. The minimum Gasteiger partial charge on any atom is -0.352 e. The largest absolute Gasteiger partial charge is 0.352 e. The number of hydrogen-bond donors (Lipinski definition) is 1. The molecule has 0 bridgehead atoms. The first-order valence-corrected chi connectivity index (χ1v) is 8.30. The van der Waals surface area contributed by atoms with E-state index in [1.807, 2.05) is 18.9 Å². The maximum atomic E-state index is 13.8. The summed E-state index contributed by atoms with van der Waals surface area (Å²) in [6, 6.07) is 4.61. The third-order valence-electron chi connectivity index (χ3n) is 4.46. The summed E-state index contributed by atoms with van der Waals surface area (Å²) in [5, 5.41) is 3.50. The summed E-state index contributed by atoms with van der Waals surface area (Å²) in [4.78, 5) is 14.2. The Bertz CT molecular complexity index is 497. The van der Waals surface area contributed by atoms with Crippen molar-refractivity contribution in [1.82, 2.24) is 10.2 Å². The average molecular weight is 327 g/mol. The lowest BCUT2D eigenvalue weighted by molar-refractivity contribution is -0.126. The first kappa shape index (κ1) is 17.2. The van der Waals surface area contributed by atoms with Crippen LogP contribution < -0.4 is 5.32 Å². The Balaban J connectivity index is 1.93. The van der Waals surface area contributed by atoms with Crippen molar-refractivity contribution in [3.05, 3.63) is 34.6 Å². The predicted octanol–water partition coefficient (Wildman–Crippen LogP) is 3.75. The van der Waals surface area contributed by atoms with Crippen molar-refractivity contribution in [1.29, 1.82) is 0 Å². The third-order valence-corrected chi connectivity index (χ3v) is 4.82. The number of hydrogen-bond acceptors (Lipinski definition) is 2. The monoisotopic (exact) mass is 326 g/mol. The lowest BCUT2D eigenvalue weighted by Gasteiger charge is -2.28. The Kier molecular flexibility index (Phi) is 6.21. The van der Waals surface area contributed by atoms with Gasteiger partial charge in [0.05, 0.1) is 6.04 Å². The summed E-state index contributed by atoms with van der Waals surface area (Å²) >= 11 is 6.05. The molecule has 22 heavy (non-hydrogen) atoms. The van der Waals surface area contributed by atoms with Gasteiger partial charge in [-0.05, 0) is 38.9 Å². The Morgan fingerprint density at radius 2 is 2.09 bits per heavy atom. The van der Waals surface area contributed by atoms with E-state index in [1.165, 1.54) is 25.3 Å². The van der Waals surface area contributed by atoms with Gasteiger partial charge in [0.2, 0.25) is 5.91 Å². The van der Waals surface area contributed by atoms with Gasteiger partial charge >= 0.3 is 0 Å². The van der Waals surface area contributed by atoms with E-state index in [9.17, 15) is 9.18 Å². The summed E-state index contributed by atoms with van der Waals surface area (Å²) in [7, 11) is 1.81. The number of halogens is 2.